The van der Waals surface area contributed by atoms with Gasteiger partial charge in [-0.05, 0) is 49.1 Å². The van der Waals surface area contributed by atoms with Crippen LogP contribution >= 0.6 is 0 Å². The number of nitrogens with zero attached hydrogens (tertiary/aromatic N) is 1. The second kappa shape index (κ2) is 10.0. The molecule has 1 aliphatic heterocycles. The Balaban J connectivity index is 2.06. The van der Waals surface area contributed by atoms with E-state index in [1.165, 1.54) is 4.90 Å². The van der Waals surface area contributed by atoms with Gasteiger partial charge in [0.15, 0.2) is 0 Å². The molecule has 6 heteroatoms. The van der Waals surface area contributed by atoms with Gasteiger partial charge in [-0.3, -0.25) is 9.59 Å². The molecule has 3 rings (SSSR count). The average Bonchev–Trinajstić information content (AvgIpc) is 3.01. The van der Waals surface area contributed by atoms with Crippen molar-refractivity contribution in [3.8, 4) is 5.75 Å². The Bertz CT molecular complexity index is 1020. The van der Waals surface area contributed by atoms with Crippen LogP contribution in [-0.2, 0) is 14.3 Å². The first-order valence-corrected chi connectivity index (χ1v) is 10.8. The number of aliphatic hydroxyl groups excluding tert-OH is 1. The van der Waals surface area contributed by atoms with Gasteiger partial charge in [0.2, 0.25) is 0 Å². The third kappa shape index (κ3) is 4.86. The third-order valence-electron chi connectivity index (χ3n) is 5.49. The van der Waals surface area contributed by atoms with Crippen molar-refractivity contribution in [1.29, 1.82) is 0 Å². The van der Waals surface area contributed by atoms with Crippen LogP contribution in [0.5, 0.6) is 5.75 Å². The van der Waals surface area contributed by atoms with Gasteiger partial charge in [0.25, 0.3) is 11.7 Å². The number of ether oxygens (including phenoxy) is 2. The smallest absolute Gasteiger partial charge is 0.295 e. The summed E-state index contributed by atoms with van der Waals surface area (Å²) in [4.78, 5) is 27.3. The largest absolute Gasteiger partial charge is 0.507 e. The van der Waals surface area contributed by atoms with Crippen molar-refractivity contribution >= 4 is 17.4 Å². The van der Waals surface area contributed by atoms with Crippen molar-refractivity contribution in [2.75, 3.05) is 26.9 Å². The van der Waals surface area contributed by atoms with E-state index in [1.807, 2.05) is 38.1 Å². The van der Waals surface area contributed by atoms with E-state index in [9.17, 15) is 14.7 Å². The van der Waals surface area contributed by atoms with E-state index in [1.54, 1.807) is 25.3 Å². The Hall–Kier alpha value is -3.12. The number of Topliss-reactive ketones (excluding diaryl/α,β-unsaturated/α-hetero) is 1. The van der Waals surface area contributed by atoms with E-state index in [-0.39, 0.29) is 24.5 Å². The average molecular weight is 438 g/mol. The summed E-state index contributed by atoms with van der Waals surface area (Å²) in [6, 6.07) is 12.2. The van der Waals surface area contributed by atoms with Crippen LogP contribution in [0.15, 0.2) is 48.0 Å². The highest BCUT2D eigenvalue weighted by Crippen LogP contribution is 2.39. The number of aliphatic hydroxyl groups is 1. The summed E-state index contributed by atoms with van der Waals surface area (Å²) in [5.74, 6) is -0.400. The fraction of sp³-hybridized carbons (Fsp3) is 0.385. The summed E-state index contributed by atoms with van der Waals surface area (Å²) in [7, 11) is 1.54. The number of hydrogen-bond acceptors (Lipinski definition) is 5. The highest BCUT2D eigenvalue weighted by molar-refractivity contribution is 6.46. The van der Waals surface area contributed by atoms with Crippen LogP contribution in [0, 0.1) is 19.8 Å². The minimum atomic E-state index is -0.693. The number of hydrogen-bond donors (Lipinski definition) is 1. The van der Waals surface area contributed by atoms with Crippen molar-refractivity contribution in [2.45, 2.75) is 33.7 Å². The van der Waals surface area contributed by atoms with Crippen molar-refractivity contribution in [2.24, 2.45) is 5.92 Å². The molecule has 2 aromatic carbocycles. The van der Waals surface area contributed by atoms with Gasteiger partial charge in [0.1, 0.15) is 11.5 Å². The van der Waals surface area contributed by atoms with Crippen LogP contribution in [-0.4, -0.2) is 48.6 Å². The lowest BCUT2D eigenvalue weighted by Gasteiger charge is -2.25. The summed E-state index contributed by atoms with van der Waals surface area (Å²) < 4.78 is 11.0. The molecule has 1 aliphatic rings. The fourth-order valence-electron chi connectivity index (χ4n) is 3.77. The van der Waals surface area contributed by atoms with Crippen LogP contribution in [0.25, 0.3) is 5.76 Å². The van der Waals surface area contributed by atoms with Crippen LogP contribution in [0.1, 0.15) is 42.1 Å². The first-order chi connectivity index (χ1) is 15.2. The molecule has 1 heterocycles. The number of aryl methyl sites for hydroxylation is 2. The number of amides is 1. The molecule has 0 radical (unpaired) electrons. The molecular formula is C26H31NO5. The Morgan fingerprint density at radius 3 is 2.38 bits per heavy atom. The maximum Gasteiger partial charge on any atom is 0.295 e. The molecule has 0 bridgehead atoms. The molecule has 0 saturated carbocycles. The van der Waals surface area contributed by atoms with E-state index in [0.717, 1.165) is 22.4 Å². The van der Waals surface area contributed by atoms with E-state index in [0.29, 0.717) is 18.1 Å². The molecule has 1 amide bonds. The number of benzene rings is 2. The van der Waals surface area contributed by atoms with E-state index >= 15 is 0 Å². The molecular weight excluding hydrogens is 406 g/mol. The van der Waals surface area contributed by atoms with Crippen LogP contribution < -0.4 is 4.74 Å². The van der Waals surface area contributed by atoms with Gasteiger partial charge in [0, 0.05) is 19.2 Å². The number of carbonyl (C=O) groups excluding carboxylic acids is 2. The zero-order valence-electron chi connectivity index (χ0n) is 19.3. The number of ketones is 1. The highest BCUT2D eigenvalue weighted by Gasteiger charge is 2.45. The summed E-state index contributed by atoms with van der Waals surface area (Å²) in [6.45, 7) is 9.13. The first kappa shape index (κ1) is 23.5. The molecule has 1 saturated heterocycles. The number of carbonyl (C=O) groups is 2. The Labute approximate surface area is 189 Å². The van der Waals surface area contributed by atoms with Crippen LogP contribution in [0.4, 0.5) is 0 Å². The lowest BCUT2D eigenvalue weighted by molar-refractivity contribution is -0.140. The highest BCUT2D eigenvalue weighted by atomic mass is 16.5. The van der Waals surface area contributed by atoms with Gasteiger partial charge in [-0.15, -0.1) is 0 Å². The van der Waals surface area contributed by atoms with Gasteiger partial charge >= 0.3 is 0 Å². The van der Waals surface area contributed by atoms with Gasteiger partial charge in [-0.1, -0.05) is 43.7 Å². The van der Waals surface area contributed by atoms with E-state index in [2.05, 4.69) is 13.8 Å². The van der Waals surface area contributed by atoms with Crippen LogP contribution in [0.3, 0.4) is 0 Å². The number of likely N-dealkylation sites (tertiary alicyclic amines) is 1. The zero-order chi connectivity index (χ0) is 23.4. The fourth-order valence-corrected chi connectivity index (χ4v) is 3.77. The molecule has 6 nitrogen and oxygen atoms in total. The molecule has 170 valence electrons. The van der Waals surface area contributed by atoms with Crippen molar-refractivity contribution < 1.29 is 24.2 Å². The lowest BCUT2D eigenvalue weighted by Crippen LogP contribution is -2.32. The van der Waals surface area contributed by atoms with Crippen LogP contribution in [0.2, 0.25) is 0 Å². The molecule has 1 N–H and O–H groups in total. The van der Waals surface area contributed by atoms with Crippen molar-refractivity contribution in [3.63, 3.8) is 0 Å². The standard InChI is InChI=1S/C26H31NO5/c1-16(2)15-32-21-11-10-20(14-18(21)4)24(28)22-23(19-8-6-17(3)7-9-19)27(12-13-31-5)26(30)25(22)29/h6-11,14,16,23,28H,12-13,15H2,1-5H3/b24-22+. The second-order valence-corrected chi connectivity index (χ2v) is 8.58. The minimum Gasteiger partial charge on any atom is -0.507 e. The third-order valence-corrected chi connectivity index (χ3v) is 5.49. The Morgan fingerprint density at radius 2 is 1.78 bits per heavy atom. The molecule has 1 unspecified atom stereocenters. The van der Waals surface area contributed by atoms with E-state index in [4.69, 9.17) is 9.47 Å². The summed E-state index contributed by atoms with van der Waals surface area (Å²) in [6.07, 6.45) is 0. The molecule has 2 aromatic rings. The summed E-state index contributed by atoms with van der Waals surface area (Å²) in [5.41, 5.74) is 3.23. The molecule has 1 atom stereocenters. The molecule has 0 aliphatic carbocycles. The monoisotopic (exact) mass is 437 g/mol. The summed E-state index contributed by atoms with van der Waals surface area (Å²) >= 11 is 0. The minimum absolute atomic E-state index is 0.0882. The molecule has 32 heavy (non-hydrogen) atoms. The van der Waals surface area contributed by atoms with Crippen molar-refractivity contribution in [1.82, 2.24) is 4.90 Å². The first-order valence-electron chi connectivity index (χ1n) is 10.8. The Morgan fingerprint density at radius 1 is 1.09 bits per heavy atom. The van der Waals surface area contributed by atoms with Gasteiger partial charge in [0.05, 0.1) is 24.8 Å². The lowest BCUT2D eigenvalue weighted by atomic mass is 9.94. The molecule has 1 fully saturated rings. The maximum absolute atomic E-state index is 13.0. The number of methoxy groups -OCH3 is 1. The topological polar surface area (TPSA) is 76.1 Å². The second-order valence-electron chi connectivity index (χ2n) is 8.58. The SMILES string of the molecule is COCCN1C(=O)C(=O)/C(=C(/O)c2ccc(OCC(C)C)c(C)c2)C1c1ccc(C)cc1. The predicted octanol–water partition coefficient (Wildman–Crippen LogP) is 4.41. The maximum atomic E-state index is 13.0. The molecule has 0 aromatic heterocycles. The molecule has 0 spiro atoms. The summed E-state index contributed by atoms with van der Waals surface area (Å²) in [5, 5.41) is 11.2. The Kier molecular flexibility index (Phi) is 7.36. The van der Waals surface area contributed by atoms with Gasteiger partial charge < -0.3 is 19.5 Å². The predicted molar refractivity (Wildman–Crippen MR) is 124 cm³/mol. The van der Waals surface area contributed by atoms with E-state index < -0.39 is 17.7 Å². The normalized spacial score (nSPS) is 17.9. The number of rotatable bonds is 8. The van der Waals surface area contributed by atoms with Gasteiger partial charge in [-0.2, -0.15) is 0 Å². The quantitative estimate of drug-likeness (QED) is 0.376. The van der Waals surface area contributed by atoms with Gasteiger partial charge in [-0.25, -0.2) is 0 Å². The van der Waals surface area contributed by atoms with Crippen molar-refractivity contribution in [3.05, 3.63) is 70.3 Å². The zero-order valence-corrected chi connectivity index (χ0v) is 19.3.